The summed E-state index contributed by atoms with van der Waals surface area (Å²) in [6, 6.07) is 0. The van der Waals surface area contributed by atoms with Gasteiger partial charge in [-0.05, 0) is 29.7 Å². The van der Waals surface area contributed by atoms with E-state index in [1.165, 1.54) is 31.3 Å². The molecule has 0 aliphatic heterocycles. The van der Waals surface area contributed by atoms with Gasteiger partial charge in [0.1, 0.15) is 5.03 Å². The fraction of sp³-hybridized carbons (Fsp3) is 0.846. The zero-order valence-electron chi connectivity index (χ0n) is 11.0. The molecule has 0 radical (unpaired) electrons. The third kappa shape index (κ3) is 1.84. The van der Waals surface area contributed by atoms with Gasteiger partial charge in [0.25, 0.3) is 0 Å². The minimum atomic E-state index is -1.22. The van der Waals surface area contributed by atoms with Gasteiger partial charge in [-0.1, -0.05) is 31.4 Å². The summed E-state index contributed by atoms with van der Waals surface area (Å²) in [4.78, 5) is 0. The summed E-state index contributed by atoms with van der Waals surface area (Å²) in [5, 5.41) is 0.583. The Morgan fingerprint density at radius 2 is 1.82 bits per heavy atom. The average molecular weight is 261 g/mol. The van der Waals surface area contributed by atoms with Crippen LogP contribution in [0.25, 0.3) is 0 Å². The van der Waals surface area contributed by atoms with Crippen LogP contribution in [-0.4, -0.2) is 27.3 Å². The van der Waals surface area contributed by atoms with E-state index >= 15 is 0 Å². The standard InChI is InChI=1S/C13H21ClO3/c1-12-8-6-5-7-9(12)10(12)11(14)13(15-2,16-3)17-4/h9H,5-8H2,1-4H3. The Balaban J connectivity index is 2.33. The van der Waals surface area contributed by atoms with Crippen LogP contribution in [0.1, 0.15) is 32.6 Å². The van der Waals surface area contributed by atoms with Gasteiger partial charge in [0.15, 0.2) is 0 Å². The van der Waals surface area contributed by atoms with Gasteiger partial charge in [-0.3, -0.25) is 0 Å². The first-order valence-electron chi connectivity index (χ1n) is 6.12. The molecule has 0 spiro atoms. The lowest BCUT2D eigenvalue weighted by Gasteiger charge is -2.28. The number of methoxy groups -OCH3 is 3. The van der Waals surface area contributed by atoms with Crippen LogP contribution < -0.4 is 0 Å². The molecule has 0 bridgehead atoms. The Hall–Kier alpha value is -0.0900. The van der Waals surface area contributed by atoms with Crippen LogP contribution in [0.3, 0.4) is 0 Å². The fourth-order valence-corrected chi connectivity index (χ4v) is 3.85. The van der Waals surface area contributed by atoms with Crippen LogP contribution >= 0.6 is 11.6 Å². The first kappa shape index (κ1) is 13.3. The van der Waals surface area contributed by atoms with Crippen molar-refractivity contribution < 1.29 is 14.2 Å². The summed E-state index contributed by atoms with van der Waals surface area (Å²) in [5.41, 5.74) is 1.51. The molecule has 4 heteroatoms. The summed E-state index contributed by atoms with van der Waals surface area (Å²) in [6.07, 6.45) is 4.99. The van der Waals surface area contributed by atoms with Crippen LogP contribution in [0.5, 0.6) is 0 Å². The predicted molar refractivity (Wildman–Crippen MR) is 66.7 cm³/mol. The van der Waals surface area contributed by atoms with E-state index in [2.05, 4.69) is 6.92 Å². The monoisotopic (exact) mass is 260 g/mol. The molecule has 2 aliphatic rings. The van der Waals surface area contributed by atoms with E-state index in [0.29, 0.717) is 11.0 Å². The molecule has 0 N–H and O–H groups in total. The molecule has 2 atom stereocenters. The van der Waals surface area contributed by atoms with Crippen molar-refractivity contribution in [1.29, 1.82) is 0 Å². The third-order valence-corrected chi connectivity index (χ3v) is 4.83. The number of hydrogen-bond acceptors (Lipinski definition) is 3. The van der Waals surface area contributed by atoms with Gasteiger partial charge in [-0.15, -0.1) is 0 Å². The number of ether oxygens (including phenoxy) is 3. The molecular weight excluding hydrogens is 240 g/mol. The third-order valence-electron chi connectivity index (χ3n) is 4.40. The van der Waals surface area contributed by atoms with E-state index in [0.717, 1.165) is 0 Å². The topological polar surface area (TPSA) is 27.7 Å². The first-order chi connectivity index (χ1) is 8.05. The Morgan fingerprint density at radius 1 is 1.24 bits per heavy atom. The molecule has 0 aromatic rings. The Kier molecular flexibility index (Phi) is 3.56. The largest absolute Gasteiger partial charge is 0.326 e. The van der Waals surface area contributed by atoms with Gasteiger partial charge in [-0.2, -0.15) is 0 Å². The maximum absolute atomic E-state index is 6.47. The van der Waals surface area contributed by atoms with Crippen LogP contribution in [-0.2, 0) is 14.2 Å². The maximum atomic E-state index is 6.47. The highest BCUT2D eigenvalue weighted by molar-refractivity contribution is 6.31. The summed E-state index contributed by atoms with van der Waals surface area (Å²) in [6.45, 7) is 2.28. The Morgan fingerprint density at radius 3 is 2.24 bits per heavy atom. The lowest BCUT2D eigenvalue weighted by atomic mass is 9.90. The SMILES string of the molecule is COC(OC)(OC)C(Cl)=C1C2CCCCC12C. The molecular formula is C13H21ClO3. The van der Waals surface area contributed by atoms with Crippen molar-refractivity contribution >= 4 is 11.6 Å². The molecule has 3 nitrogen and oxygen atoms in total. The van der Waals surface area contributed by atoms with Crippen molar-refractivity contribution in [2.45, 2.75) is 38.6 Å². The van der Waals surface area contributed by atoms with Gasteiger partial charge in [0.05, 0.1) is 0 Å². The molecule has 0 aromatic carbocycles. The van der Waals surface area contributed by atoms with E-state index in [1.807, 2.05) is 0 Å². The minimum Gasteiger partial charge on any atom is -0.326 e. The number of halogens is 1. The minimum absolute atomic E-state index is 0.246. The highest BCUT2D eigenvalue weighted by Gasteiger charge is 2.60. The molecule has 2 unspecified atom stereocenters. The van der Waals surface area contributed by atoms with Crippen molar-refractivity contribution in [3.8, 4) is 0 Å². The summed E-state index contributed by atoms with van der Waals surface area (Å²) in [5.74, 6) is -0.638. The highest BCUT2D eigenvalue weighted by Crippen LogP contribution is 2.68. The first-order valence-corrected chi connectivity index (χ1v) is 6.49. The van der Waals surface area contributed by atoms with E-state index < -0.39 is 5.97 Å². The summed E-state index contributed by atoms with van der Waals surface area (Å²) in [7, 11) is 4.64. The Labute approximate surface area is 108 Å². The van der Waals surface area contributed by atoms with E-state index in [9.17, 15) is 0 Å². The van der Waals surface area contributed by atoms with Crippen molar-refractivity contribution in [2.24, 2.45) is 11.3 Å². The zero-order valence-corrected chi connectivity index (χ0v) is 11.8. The van der Waals surface area contributed by atoms with Gasteiger partial charge in [-0.25, -0.2) is 0 Å². The van der Waals surface area contributed by atoms with Gasteiger partial charge in [0, 0.05) is 21.3 Å². The van der Waals surface area contributed by atoms with Crippen molar-refractivity contribution in [3.05, 3.63) is 10.6 Å². The van der Waals surface area contributed by atoms with E-state index in [1.54, 1.807) is 21.3 Å². The summed E-state index contributed by atoms with van der Waals surface area (Å²) < 4.78 is 15.9. The molecule has 2 saturated carbocycles. The second-order valence-corrected chi connectivity index (χ2v) is 5.49. The summed E-state index contributed by atoms with van der Waals surface area (Å²) >= 11 is 6.47. The quantitative estimate of drug-likeness (QED) is 0.726. The van der Waals surface area contributed by atoms with Crippen molar-refractivity contribution in [2.75, 3.05) is 21.3 Å². The molecule has 17 heavy (non-hydrogen) atoms. The predicted octanol–water partition coefficient (Wildman–Crippen LogP) is 3.28. The van der Waals surface area contributed by atoms with Gasteiger partial charge in [0.2, 0.25) is 0 Å². The second kappa shape index (κ2) is 4.54. The molecule has 2 fully saturated rings. The molecule has 98 valence electrons. The molecule has 2 aliphatic carbocycles. The smallest absolute Gasteiger partial charge is 0.322 e. The molecule has 0 aromatic heterocycles. The van der Waals surface area contributed by atoms with E-state index in [-0.39, 0.29) is 5.41 Å². The number of allylic oxidation sites excluding steroid dienone is 1. The normalized spacial score (nSPS) is 35.5. The molecule has 2 rings (SSSR count). The maximum Gasteiger partial charge on any atom is 0.322 e. The van der Waals surface area contributed by atoms with Crippen LogP contribution in [0, 0.1) is 11.3 Å². The number of hydrogen-bond donors (Lipinski definition) is 0. The Bertz CT molecular complexity index is 327. The van der Waals surface area contributed by atoms with Crippen LogP contribution in [0.15, 0.2) is 10.6 Å². The number of fused-ring (bicyclic) bond motifs is 1. The zero-order chi connectivity index (χ0) is 12.7. The number of rotatable bonds is 4. The van der Waals surface area contributed by atoms with Gasteiger partial charge >= 0.3 is 5.97 Å². The average Bonchev–Trinajstić information content (AvgIpc) is 2.97. The van der Waals surface area contributed by atoms with Crippen LogP contribution in [0.2, 0.25) is 0 Å². The van der Waals surface area contributed by atoms with Crippen molar-refractivity contribution in [1.82, 2.24) is 0 Å². The van der Waals surface area contributed by atoms with Gasteiger partial charge < -0.3 is 14.2 Å². The van der Waals surface area contributed by atoms with E-state index in [4.69, 9.17) is 25.8 Å². The second-order valence-electron chi connectivity index (χ2n) is 5.11. The van der Waals surface area contributed by atoms with Crippen LogP contribution in [0.4, 0.5) is 0 Å². The molecule has 0 saturated heterocycles. The lowest BCUT2D eigenvalue weighted by Crippen LogP contribution is -2.36. The molecule has 0 amide bonds. The lowest BCUT2D eigenvalue weighted by molar-refractivity contribution is -0.322. The molecule has 0 heterocycles. The van der Waals surface area contributed by atoms with Crippen molar-refractivity contribution in [3.63, 3.8) is 0 Å². The fourth-order valence-electron chi connectivity index (χ4n) is 3.27. The highest BCUT2D eigenvalue weighted by atomic mass is 35.5.